The number of nitrogens with two attached hydrogens (primary N) is 1. The lowest BCUT2D eigenvalue weighted by molar-refractivity contribution is 0.413. The maximum Gasteiger partial charge on any atom is 0.128 e. The van der Waals surface area contributed by atoms with Crippen LogP contribution in [-0.4, -0.2) is 26.1 Å². The van der Waals surface area contributed by atoms with Crippen molar-refractivity contribution >= 4 is 5.70 Å². The topological polar surface area (TPSA) is 38.5 Å². The van der Waals surface area contributed by atoms with Crippen LogP contribution in [-0.2, 0) is 0 Å². The van der Waals surface area contributed by atoms with Crippen LogP contribution in [0.1, 0.15) is 5.56 Å². The van der Waals surface area contributed by atoms with Crippen molar-refractivity contribution in [2.24, 2.45) is 5.73 Å². The molecule has 0 aliphatic rings. The van der Waals surface area contributed by atoms with Gasteiger partial charge in [-0.05, 0) is 12.1 Å². The Morgan fingerprint density at radius 1 is 1.36 bits per heavy atom. The number of hydrogen-bond acceptors (Lipinski definition) is 3. The first kappa shape index (κ1) is 10.4. The lowest BCUT2D eigenvalue weighted by atomic mass is 10.1. The SMILES string of the molecule is COc1ccccc1/C(N)=C/N(C)C. The lowest BCUT2D eigenvalue weighted by Gasteiger charge is -2.11. The van der Waals surface area contributed by atoms with Crippen LogP contribution in [0, 0.1) is 0 Å². The molecule has 0 bridgehead atoms. The summed E-state index contributed by atoms with van der Waals surface area (Å²) < 4.78 is 5.21. The molecule has 0 amide bonds. The van der Waals surface area contributed by atoms with Gasteiger partial charge >= 0.3 is 0 Å². The molecule has 0 atom stereocenters. The largest absolute Gasteiger partial charge is 0.496 e. The van der Waals surface area contributed by atoms with E-state index < -0.39 is 0 Å². The summed E-state index contributed by atoms with van der Waals surface area (Å²) in [6.45, 7) is 0. The maximum atomic E-state index is 5.91. The maximum absolute atomic E-state index is 5.91. The van der Waals surface area contributed by atoms with Gasteiger partial charge < -0.3 is 15.4 Å². The molecule has 3 heteroatoms. The van der Waals surface area contributed by atoms with E-state index in [9.17, 15) is 0 Å². The number of para-hydroxylation sites is 1. The van der Waals surface area contributed by atoms with E-state index in [4.69, 9.17) is 10.5 Å². The first-order valence-electron chi connectivity index (χ1n) is 4.42. The van der Waals surface area contributed by atoms with Crippen molar-refractivity contribution in [1.82, 2.24) is 4.90 Å². The quantitative estimate of drug-likeness (QED) is 0.789. The molecule has 0 heterocycles. The van der Waals surface area contributed by atoms with Gasteiger partial charge in [-0.2, -0.15) is 0 Å². The Morgan fingerprint density at radius 2 is 2.00 bits per heavy atom. The summed E-state index contributed by atoms with van der Waals surface area (Å²) in [7, 11) is 5.51. The van der Waals surface area contributed by atoms with E-state index in [0.29, 0.717) is 5.70 Å². The minimum Gasteiger partial charge on any atom is -0.496 e. The van der Waals surface area contributed by atoms with E-state index in [2.05, 4.69) is 0 Å². The average Bonchev–Trinajstić information content (AvgIpc) is 2.16. The van der Waals surface area contributed by atoms with Gasteiger partial charge in [-0.3, -0.25) is 0 Å². The monoisotopic (exact) mass is 192 g/mol. The second kappa shape index (κ2) is 4.56. The number of ether oxygens (including phenoxy) is 1. The molecule has 1 aromatic rings. The van der Waals surface area contributed by atoms with Crippen molar-refractivity contribution in [2.75, 3.05) is 21.2 Å². The molecule has 1 rings (SSSR count). The zero-order chi connectivity index (χ0) is 10.6. The van der Waals surface area contributed by atoms with Crippen LogP contribution in [0.4, 0.5) is 0 Å². The zero-order valence-electron chi connectivity index (χ0n) is 8.82. The van der Waals surface area contributed by atoms with Gasteiger partial charge in [-0.15, -0.1) is 0 Å². The molecule has 2 N–H and O–H groups in total. The van der Waals surface area contributed by atoms with Crippen LogP contribution in [0.15, 0.2) is 30.5 Å². The minimum atomic E-state index is 0.701. The van der Waals surface area contributed by atoms with Gasteiger partial charge in [0.2, 0.25) is 0 Å². The van der Waals surface area contributed by atoms with Gasteiger partial charge in [-0.1, -0.05) is 12.1 Å². The molecular formula is C11H16N2O. The molecule has 0 fully saturated rings. The van der Waals surface area contributed by atoms with Crippen molar-refractivity contribution in [3.63, 3.8) is 0 Å². The molecule has 0 aliphatic carbocycles. The van der Waals surface area contributed by atoms with Crippen molar-refractivity contribution in [2.45, 2.75) is 0 Å². The Morgan fingerprint density at radius 3 is 2.57 bits per heavy atom. The molecule has 0 aliphatic heterocycles. The van der Waals surface area contributed by atoms with Gasteiger partial charge in [0.25, 0.3) is 0 Å². The number of benzene rings is 1. The molecule has 0 unspecified atom stereocenters. The summed E-state index contributed by atoms with van der Waals surface area (Å²) in [6, 6.07) is 7.69. The molecule has 0 spiro atoms. The summed E-state index contributed by atoms with van der Waals surface area (Å²) in [5, 5.41) is 0. The summed E-state index contributed by atoms with van der Waals surface area (Å²) in [5.41, 5.74) is 7.53. The summed E-state index contributed by atoms with van der Waals surface area (Å²) in [6.07, 6.45) is 1.86. The second-order valence-corrected chi connectivity index (χ2v) is 3.25. The van der Waals surface area contributed by atoms with E-state index in [0.717, 1.165) is 11.3 Å². The summed E-state index contributed by atoms with van der Waals surface area (Å²) in [4.78, 5) is 1.90. The third-order valence-electron chi connectivity index (χ3n) is 1.82. The fourth-order valence-electron chi connectivity index (χ4n) is 1.23. The van der Waals surface area contributed by atoms with Crippen molar-refractivity contribution in [3.8, 4) is 5.75 Å². The number of hydrogen-bond donors (Lipinski definition) is 1. The fourth-order valence-corrected chi connectivity index (χ4v) is 1.23. The lowest BCUT2D eigenvalue weighted by Crippen LogP contribution is -2.07. The van der Waals surface area contributed by atoms with Crippen LogP contribution in [0.2, 0.25) is 0 Å². The third-order valence-corrected chi connectivity index (χ3v) is 1.82. The van der Waals surface area contributed by atoms with Crippen molar-refractivity contribution < 1.29 is 4.74 Å². The highest BCUT2D eigenvalue weighted by Crippen LogP contribution is 2.22. The standard InChI is InChI=1S/C11H16N2O/c1-13(2)8-10(12)9-6-4-5-7-11(9)14-3/h4-8H,12H2,1-3H3/b10-8-. The highest BCUT2D eigenvalue weighted by atomic mass is 16.5. The Balaban J connectivity index is 3.05. The van der Waals surface area contributed by atoms with Crippen LogP contribution in [0.3, 0.4) is 0 Å². The first-order valence-corrected chi connectivity index (χ1v) is 4.42. The van der Waals surface area contributed by atoms with Gasteiger partial charge in [0.1, 0.15) is 5.75 Å². The Kier molecular flexibility index (Phi) is 3.40. The van der Waals surface area contributed by atoms with E-state index in [1.807, 2.05) is 49.5 Å². The van der Waals surface area contributed by atoms with Crippen LogP contribution in [0.25, 0.3) is 5.70 Å². The fraction of sp³-hybridized carbons (Fsp3) is 0.273. The molecule has 1 aromatic carbocycles. The van der Waals surface area contributed by atoms with Gasteiger partial charge in [0, 0.05) is 25.9 Å². The normalized spacial score (nSPS) is 11.2. The van der Waals surface area contributed by atoms with E-state index >= 15 is 0 Å². The highest BCUT2D eigenvalue weighted by Gasteiger charge is 2.03. The predicted molar refractivity (Wildman–Crippen MR) is 58.8 cm³/mol. The molecule has 76 valence electrons. The average molecular weight is 192 g/mol. The Bertz CT molecular complexity index is 332. The second-order valence-electron chi connectivity index (χ2n) is 3.25. The molecule has 14 heavy (non-hydrogen) atoms. The van der Waals surface area contributed by atoms with Crippen LogP contribution in [0.5, 0.6) is 5.75 Å². The highest BCUT2D eigenvalue weighted by molar-refractivity contribution is 5.67. The number of rotatable bonds is 3. The Labute approximate surface area is 84.8 Å². The van der Waals surface area contributed by atoms with Crippen LogP contribution >= 0.6 is 0 Å². The molecule has 0 saturated carbocycles. The number of methoxy groups -OCH3 is 1. The van der Waals surface area contributed by atoms with Crippen molar-refractivity contribution in [3.05, 3.63) is 36.0 Å². The van der Waals surface area contributed by atoms with Crippen LogP contribution < -0.4 is 10.5 Å². The van der Waals surface area contributed by atoms with Gasteiger partial charge in [-0.25, -0.2) is 0 Å². The Hall–Kier alpha value is -1.64. The molecule has 0 radical (unpaired) electrons. The van der Waals surface area contributed by atoms with Crippen molar-refractivity contribution in [1.29, 1.82) is 0 Å². The smallest absolute Gasteiger partial charge is 0.128 e. The molecule has 0 saturated heterocycles. The third kappa shape index (κ3) is 2.42. The molecule has 3 nitrogen and oxygen atoms in total. The van der Waals surface area contributed by atoms with Gasteiger partial charge in [0.15, 0.2) is 0 Å². The predicted octanol–water partition coefficient (Wildman–Crippen LogP) is 1.51. The molecular weight excluding hydrogens is 176 g/mol. The zero-order valence-corrected chi connectivity index (χ0v) is 8.82. The first-order chi connectivity index (χ1) is 6.65. The minimum absolute atomic E-state index is 0.701. The summed E-state index contributed by atoms with van der Waals surface area (Å²) in [5.74, 6) is 0.795. The summed E-state index contributed by atoms with van der Waals surface area (Å²) >= 11 is 0. The van der Waals surface area contributed by atoms with E-state index in [1.165, 1.54) is 0 Å². The van der Waals surface area contributed by atoms with Gasteiger partial charge in [0.05, 0.1) is 12.8 Å². The number of nitrogens with zero attached hydrogens (tertiary/aromatic N) is 1. The van der Waals surface area contributed by atoms with E-state index in [-0.39, 0.29) is 0 Å². The van der Waals surface area contributed by atoms with E-state index in [1.54, 1.807) is 7.11 Å². The molecule has 0 aromatic heterocycles.